The largest absolute Gasteiger partial charge is 0.483 e. The maximum atomic E-state index is 11.2. The molecule has 7 heteroatoms. The van der Waals surface area contributed by atoms with Gasteiger partial charge in [-0.25, -0.2) is 0 Å². The standard InChI is InChI=1S/C14H18N2O5/c1-9-4-2-6-11(12(9)16(19)20)21-10-5-3-7-14(15,8-10)13(17)18/h2,4,6,10H,3,5,7-8,15H2,1H3,(H,17,18). The Morgan fingerprint density at radius 3 is 2.90 bits per heavy atom. The zero-order chi connectivity index (χ0) is 15.6. The van der Waals surface area contributed by atoms with Crippen LogP contribution in [0.4, 0.5) is 5.69 Å². The van der Waals surface area contributed by atoms with Crippen LogP contribution in [0.3, 0.4) is 0 Å². The Morgan fingerprint density at radius 1 is 1.57 bits per heavy atom. The SMILES string of the molecule is Cc1cccc(OC2CCCC(N)(C(=O)O)C2)c1[N+](=O)[O-]. The second kappa shape index (κ2) is 5.69. The molecule has 3 N–H and O–H groups in total. The number of carboxylic acid groups (broad SMARTS) is 1. The van der Waals surface area contributed by atoms with E-state index < -0.39 is 22.5 Å². The average Bonchev–Trinajstić information content (AvgIpc) is 2.38. The molecule has 2 atom stereocenters. The van der Waals surface area contributed by atoms with E-state index in [1.54, 1.807) is 19.1 Å². The lowest BCUT2D eigenvalue weighted by molar-refractivity contribution is -0.386. The molecule has 7 nitrogen and oxygen atoms in total. The van der Waals surface area contributed by atoms with E-state index in [4.69, 9.17) is 10.5 Å². The minimum Gasteiger partial charge on any atom is -0.483 e. The first-order chi connectivity index (χ1) is 9.83. The van der Waals surface area contributed by atoms with Crippen LogP contribution in [-0.2, 0) is 4.79 Å². The molecule has 0 amide bonds. The highest BCUT2D eigenvalue weighted by atomic mass is 16.6. The van der Waals surface area contributed by atoms with Crippen molar-refractivity contribution < 1.29 is 19.6 Å². The maximum Gasteiger partial charge on any atom is 0.323 e. The molecule has 0 spiro atoms. The van der Waals surface area contributed by atoms with E-state index in [0.717, 1.165) is 0 Å². The van der Waals surface area contributed by atoms with Gasteiger partial charge in [0.15, 0.2) is 5.75 Å². The van der Waals surface area contributed by atoms with E-state index in [0.29, 0.717) is 24.8 Å². The predicted molar refractivity (Wildman–Crippen MR) is 75.3 cm³/mol. The highest BCUT2D eigenvalue weighted by Gasteiger charge is 2.40. The molecule has 1 aromatic rings. The van der Waals surface area contributed by atoms with Crippen molar-refractivity contribution in [1.82, 2.24) is 0 Å². The minimum absolute atomic E-state index is 0.0824. The molecule has 1 saturated carbocycles. The molecular weight excluding hydrogens is 276 g/mol. The molecule has 1 fully saturated rings. The number of para-hydroxylation sites is 1. The number of hydrogen-bond donors (Lipinski definition) is 2. The summed E-state index contributed by atoms with van der Waals surface area (Å²) in [6.45, 7) is 1.64. The first-order valence-electron chi connectivity index (χ1n) is 6.76. The fourth-order valence-corrected chi connectivity index (χ4v) is 2.69. The van der Waals surface area contributed by atoms with Crippen molar-refractivity contribution in [3.8, 4) is 5.75 Å². The van der Waals surface area contributed by atoms with Crippen LogP contribution < -0.4 is 10.5 Å². The Morgan fingerprint density at radius 2 is 2.29 bits per heavy atom. The third-order valence-electron chi connectivity index (χ3n) is 3.84. The molecule has 0 aromatic heterocycles. The summed E-state index contributed by atoms with van der Waals surface area (Å²) in [6, 6.07) is 4.84. The lowest BCUT2D eigenvalue weighted by atomic mass is 9.81. The van der Waals surface area contributed by atoms with Gasteiger partial charge in [0.2, 0.25) is 0 Å². The van der Waals surface area contributed by atoms with Crippen molar-refractivity contribution in [3.05, 3.63) is 33.9 Å². The van der Waals surface area contributed by atoms with Crippen molar-refractivity contribution in [2.45, 2.75) is 44.2 Å². The van der Waals surface area contributed by atoms with Crippen molar-refractivity contribution in [2.24, 2.45) is 5.73 Å². The molecular formula is C14H18N2O5. The highest BCUT2D eigenvalue weighted by Crippen LogP contribution is 2.35. The lowest BCUT2D eigenvalue weighted by Crippen LogP contribution is -2.53. The number of nitro groups is 1. The summed E-state index contributed by atoms with van der Waals surface area (Å²) < 4.78 is 5.69. The zero-order valence-electron chi connectivity index (χ0n) is 11.7. The number of rotatable bonds is 4. The second-order valence-corrected chi connectivity index (χ2v) is 5.48. The molecule has 1 aromatic carbocycles. The van der Waals surface area contributed by atoms with Crippen LogP contribution in [0.15, 0.2) is 18.2 Å². The smallest absolute Gasteiger partial charge is 0.323 e. The summed E-state index contributed by atoms with van der Waals surface area (Å²) in [4.78, 5) is 21.9. The summed E-state index contributed by atoms with van der Waals surface area (Å²) in [5, 5.41) is 20.3. The molecule has 0 saturated heterocycles. The van der Waals surface area contributed by atoms with E-state index in [1.807, 2.05) is 0 Å². The van der Waals surface area contributed by atoms with Gasteiger partial charge in [-0.1, -0.05) is 12.1 Å². The van der Waals surface area contributed by atoms with E-state index in [-0.39, 0.29) is 17.9 Å². The Hall–Kier alpha value is -2.15. The van der Waals surface area contributed by atoms with Crippen molar-refractivity contribution in [3.63, 3.8) is 0 Å². The summed E-state index contributed by atoms with van der Waals surface area (Å²) >= 11 is 0. The van der Waals surface area contributed by atoms with Gasteiger partial charge < -0.3 is 15.6 Å². The summed E-state index contributed by atoms with van der Waals surface area (Å²) in [6.07, 6.45) is 1.36. The molecule has 21 heavy (non-hydrogen) atoms. The molecule has 1 aliphatic carbocycles. The number of hydrogen-bond acceptors (Lipinski definition) is 5. The number of ether oxygens (including phenoxy) is 1. The van der Waals surface area contributed by atoms with Crippen LogP contribution in [0.25, 0.3) is 0 Å². The van der Waals surface area contributed by atoms with Gasteiger partial charge in [0.25, 0.3) is 0 Å². The van der Waals surface area contributed by atoms with Gasteiger partial charge in [-0.3, -0.25) is 14.9 Å². The molecule has 0 aliphatic heterocycles. The monoisotopic (exact) mass is 294 g/mol. The van der Waals surface area contributed by atoms with E-state index >= 15 is 0 Å². The zero-order valence-corrected chi connectivity index (χ0v) is 11.7. The number of nitrogens with two attached hydrogens (primary N) is 1. The normalized spacial score (nSPS) is 25.3. The first-order valence-corrected chi connectivity index (χ1v) is 6.76. The lowest BCUT2D eigenvalue weighted by Gasteiger charge is -2.34. The number of aryl methyl sites for hydroxylation is 1. The van der Waals surface area contributed by atoms with Gasteiger partial charge in [-0.2, -0.15) is 0 Å². The fourth-order valence-electron chi connectivity index (χ4n) is 2.69. The number of nitro benzene ring substituents is 1. The van der Waals surface area contributed by atoms with Gasteiger partial charge in [0.1, 0.15) is 11.6 Å². The topological polar surface area (TPSA) is 116 Å². The molecule has 0 bridgehead atoms. The van der Waals surface area contributed by atoms with Crippen molar-refractivity contribution in [1.29, 1.82) is 0 Å². The van der Waals surface area contributed by atoms with E-state index in [9.17, 15) is 20.0 Å². The Bertz CT molecular complexity index is 574. The van der Waals surface area contributed by atoms with Crippen LogP contribution in [0.2, 0.25) is 0 Å². The molecule has 0 heterocycles. The Balaban J connectivity index is 2.21. The number of carbonyl (C=O) groups is 1. The fraction of sp³-hybridized carbons (Fsp3) is 0.500. The minimum atomic E-state index is -1.32. The molecule has 114 valence electrons. The van der Waals surface area contributed by atoms with Gasteiger partial charge in [0.05, 0.1) is 4.92 Å². The van der Waals surface area contributed by atoms with Crippen LogP contribution in [0, 0.1) is 17.0 Å². The Kier molecular flexibility index (Phi) is 4.13. The van der Waals surface area contributed by atoms with Gasteiger partial charge in [-0.05, 0) is 32.3 Å². The summed E-state index contributed by atoms with van der Waals surface area (Å²) in [5.41, 5.74) is 4.97. The highest BCUT2D eigenvalue weighted by molar-refractivity contribution is 5.78. The third kappa shape index (κ3) is 3.13. The average molecular weight is 294 g/mol. The first kappa shape index (κ1) is 15.2. The van der Waals surface area contributed by atoms with Crippen molar-refractivity contribution in [2.75, 3.05) is 0 Å². The molecule has 2 rings (SSSR count). The van der Waals surface area contributed by atoms with Crippen LogP contribution in [-0.4, -0.2) is 27.6 Å². The molecule has 2 unspecified atom stereocenters. The van der Waals surface area contributed by atoms with Crippen LogP contribution in [0.5, 0.6) is 5.75 Å². The number of benzene rings is 1. The number of carboxylic acids is 1. The van der Waals surface area contributed by atoms with Gasteiger partial charge in [0, 0.05) is 12.0 Å². The van der Waals surface area contributed by atoms with Crippen LogP contribution in [0.1, 0.15) is 31.2 Å². The third-order valence-corrected chi connectivity index (χ3v) is 3.84. The summed E-state index contributed by atoms with van der Waals surface area (Å²) in [7, 11) is 0. The van der Waals surface area contributed by atoms with E-state index in [1.165, 1.54) is 6.07 Å². The molecule has 1 aliphatic rings. The van der Waals surface area contributed by atoms with E-state index in [2.05, 4.69) is 0 Å². The molecule has 0 radical (unpaired) electrons. The Labute approximate surface area is 121 Å². The van der Waals surface area contributed by atoms with Crippen LogP contribution >= 0.6 is 0 Å². The second-order valence-electron chi connectivity index (χ2n) is 5.48. The predicted octanol–water partition coefficient (Wildman–Crippen LogP) is 2.01. The maximum absolute atomic E-state index is 11.2. The van der Waals surface area contributed by atoms with Gasteiger partial charge in [-0.15, -0.1) is 0 Å². The summed E-state index contributed by atoms with van der Waals surface area (Å²) in [5.74, 6) is -0.894. The number of nitrogens with zero attached hydrogens (tertiary/aromatic N) is 1. The number of aliphatic carboxylic acids is 1. The van der Waals surface area contributed by atoms with Crippen molar-refractivity contribution >= 4 is 11.7 Å². The quantitative estimate of drug-likeness (QED) is 0.648. The van der Waals surface area contributed by atoms with Gasteiger partial charge >= 0.3 is 11.7 Å².